The van der Waals surface area contributed by atoms with Crippen LogP contribution in [-0.4, -0.2) is 0 Å². The van der Waals surface area contributed by atoms with E-state index in [9.17, 15) is 0 Å². The summed E-state index contributed by atoms with van der Waals surface area (Å²) in [5, 5.41) is 0.856. The zero-order valence-corrected chi connectivity index (χ0v) is 9.99. The maximum atomic E-state index is 6.06. The average molecular weight is 210 g/mol. The molecule has 0 fully saturated rings. The minimum atomic E-state index is 0.856. The second kappa shape index (κ2) is 5.41. The van der Waals surface area contributed by atoms with Gasteiger partial charge in [0.1, 0.15) is 0 Å². The molecule has 1 aromatic rings. The van der Waals surface area contributed by atoms with E-state index in [1.54, 1.807) is 0 Å². The van der Waals surface area contributed by atoms with Crippen LogP contribution in [0.2, 0.25) is 5.02 Å². The van der Waals surface area contributed by atoms with Gasteiger partial charge in [-0.05, 0) is 42.0 Å². The second-order valence-corrected chi connectivity index (χ2v) is 4.39. The number of benzene rings is 1. The molecule has 77 valence electrons. The van der Waals surface area contributed by atoms with Gasteiger partial charge >= 0.3 is 0 Å². The molecule has 0 bridgehead atoms. The molecular weight excluding hydrogens is 192 g/mol. The number of hydrogen-bond acceptors (Lipinski definition) is 0. The minimum Gasteiger partial charge on any atom is -0.0843 e. The van der Waals surface area contributed by atoms with E-state index in [-0.39, 0.29) is 0 Å². The summed E-state index contributed by atoms with van der Waals surface area (Å²) in [6, 6.07) is 6.35. The minimum absolute atomic E-state index is 0.856. The summed E-state index contributed by atoms with van der Waals surface area (Å²) in [5.74, 6) is 1.32. The largest absolute Gasteiger partial charge is 0.0843 e. The molecule has 0 heterocycles. The summed E-state index contributed by atoms with van der Waals surface area (Å²) in [6.45, 7) is 6.45. The van der Waals surface area contributed by atoms with Crippen molar-refractivity contribution in [3.05, 3.63) is 40.3 Å². The second-order valence-electron chi connectivity index (χ2n) is 3.95. The van der Waals surface area contributed by atoms with Crippen molar-refractivity contribution >= 4 is 11.6 Å². The molecule has 1 rings (SSSR count). The molecule has 0 nitrogen and oxygen atoms in total. The fourth-order valence-corrected chi connectivity index (χ4v) is 1.72. The van der Waals surface area contributed by atoms with Gasteiger partial charge in [0.15, 0.2) is 0 Å². The van der Waals surface area contributed by atoms with Crippen LogP contribution in [0.1, 0.15) is 44.7 Å². The van der Waals surface area contributed by atoms with Gasteiger partial charge in [-0.25, -0.2) is 0 Å². The molecule has 0 saturated carbocycles. The van der Waals surface area contributed by atoms with Crippen molar-refractivity contribution in [3.63, 3.8) is 0 Å². The van der Waals surface area contributed by atoms with Gasteiger partial charge in [0.05, 0.1) is 0 Å². The van der Waals surface area contributed by atoms with Crippen molar-refractivity contribution < 1.29 is 0 Å². The van der Waals surface area contributed by atoms with E-state index >= 15 is 0 Å². The summed E-state index contributed by atoms with van der Waals surface area (Å²) in [4.78, 5) is 0. The Morgan fingerprint density at radius 3 is 2.50 bits per heavy atom. The van der Waals surface area contributed by atoms with Crippen LogP contribution in [0.15, 0.2) is 18.2 Å². The van der Waals surface area contributed by atoms with Crippen molar-refractivity contribution in [2.24, 2.45) is 0 Å². The topological polar surface area (TPSA) is 0 Å². The van der Waals surface area contributed by atoms with Crippen molar-refractivity contribution in [3.8, 4) is 0 Å². The molecule has 0 unspecified atom stereocenters. The molecular formula is C13H18Cl. The summed E-state index contributed by atoms with van der Waals surface area (Å²) in [6.07, 6.45) is 3.61. The zero-order chi connectivity index (χ0) is 10.6. The first-order chi connectivity index (χ1) is 6.63. The normalized spacial score (nSPS) is 10.9. The third-order valence-electron chi connectivity index (χ3n) is 2.35. The Labute approximate surface area is 92.3 Å². The highest BCUT2D eigenvalue weighted by molar-refractivity contribution is 6.30. The number of unbranched alkanes of at least 4 members (excludes halogenated alkanes) is 1. The quantitative estimate of drug-likeness (QED) is 0.678. The van der Waals surface area contributed by atoms with Gasteiger partial charge in [0, 0.05) is 5.02 Å². The maximum Gasteiger partial charge on any atom is 0.0411 e. The Balaban J connectivity index is 2.84. The van der Waals surface area contributed by atoms with E-state index in [4.69, 9.17) is 11.6 Å². The lowest BCUT2D eigenvalue weighted by atomic mass is 9.99. The first kappa shape index (κ1) is 11.6. The van der Waals surface area contributed by atoms with E-state index in [1.165, 1.54) is 29.9 Å². The molecule has 14 heavy (non-hydrogen) atoms. The molecule has 0 aliphatic carbocycles. The number of hydrogen-bond donors (Lipinski definition) is 0. The average Bonchev–Trinajstić information content (AvgIpc) is 2.14. The number of rotatable bonds is 4. The van der Waals surface area contributed by atoms with E-state index in [0.717, 1.165) is 11.4 Å². The Morgan fingerprint density at radius 1 is 1.21 bits per heavy atom. The monoisotopic (exact) mass is 209 g/mol. The van der Waals surface area contributed by atoms with Gasteiger partial charge < -0.3 is 0 Å². The van der Waals surface area contributed by atoms with Gasteiger partial charge in [-0.3, -0.25) is 0 Å². The fourth-order valence-electron chi connectivity index (χ4n) is 1.46. The van der Waals surface area contributed by atoms with Crippen LogP contribution in [-0.2, 0) is 6.42 Å². The highest BCUT2D eigenvalue weighted by atomic mass is 35.5. The number of aryl methyl sites for hydroxylation is 1. The van der Waals surface area contributed by atoms with Crippen LogP contribution in [0.5, 0.6) is 0 Å². The van der Waals surface area contributed by atoms with E-state index < -0.39 is 0 Å². The van der Waals surface area contributed by atoms with Crippen molar-refractivity contribution in [2.45, 2.75) is 40.0 Å². The summed E-state index contributed by atoms with van der Waals surface area (Å²) < 4.78 is 0. The highest BCUT2D eigenvalue weighted by Gasteiger charge is 2.03. The van der Waals surface area contributed by atoms with Gasteiger partial charge in [0.25, 0.3) is 0 Å². The third kappa shape index (κ3) is 3.34. The molecule has 0 aliphatic rings. The lowest BCUT2D eigenvalue weighted by molar-refractivity contribution is 0.794. The van der Waals surface area contributed by atoms with Crippen LogP contribution in [0.4, 0.5) is 0 Å². The molecule has 0 spiro atoms. The lowest BCUT2D eigenvalue weighted by Gasteiger charge is -2.08. The number of halogens is 1. The Hall–Kier alpha value is -0.490. The lowest BCUT2D eigenvalue weighted by Crippen LogP contribution is -1.92. The maximum absolute atomic E-state index is 6.06. The van der Waals surface area contributed by atoms with Crippen LogP contribution in [0.25, 0.3) is 0 Å². The Morgan fingerprint density at radius 2 is 1.93 bits per heavy atom. The van der Waals surface area contributed by atoms with E-state index in [2.05, 4.69) is 32.9 Å². The van der Waals surface area contributed by atoms with E-state index in [0.29, 0.717) is 0 Å². The predicted molar refractivity (Wildman–Crippen MR) is 63.8 cm³/mol. The zero-order valence-electron chi connectivity index (χ0n) is 9.23. The van der Waals surface area contributed by atoms with Gasteiger partial charge in [-0.1, -0.05) is 44.9 Å². The molecule has 0 aliphatic heterocycles. The standard InChI is InChI=1S/C13H18Cl/c1-4-5-6-11-7-12(10(2)3)9-13(14)8-11/h7-9H,4-6H2,1-3H3. The van der Waals surface area contributed by atoms with Gasteiger partial charge in [-0.15, -0.1) is 0 Å². The molecule has 1 radical (unpaired) electrons. The molecule has 0 saturated heterocycles. The first-order valence-electron chi connectivity index (χ1n) is 5.23. The summed E-state index contributed by atoms with van der Waals surface area (Å²) in [5.41, 5.74) is 2.62. The van der Waals surface area contributed by atoms with Crippen LogP contribution < -0.4 is 0 Å². The predicted octanol–water partition coefficient (Wildman–Crippen LogP) is 4.64. The molecule has 0 amide bonds. The van der Waals surface area contributed by atoms with Crippen molar-refractivity contribution in [2.75, 3.05) is 0 Å². The highest BCUT2D eigenvalue weighted by Crippen LogP contribution is 2.21. The molecule has 0 N–H and O–H groups in total. The van der Waals surface area contributed by atoms with Crippen molar-refractivity contribution in [1.29, 1.82) is 0 Å². The summed E-state index contributed by atoms with van der Waals surface area (Å²) in [7, 11) is 0. The van der Waals surface area contributed by atoms with Gasteiger partial charge in [0.2, 0.25) is 0 Å². The van der Waals surface area contributed by atoms with Crippen LogP contribution in [0.3, 0.4) is 0 Å². The molecule has 1 aromatic carbocycles. The smallest absolute Gasteiger partial charge is 0.0411 e. The Kier molecular flexibility index (Phi) is 4.47. The fraction of sp³-hybridized carbons (Fsp3) is 0.462. The third-order valence-corrected chi connectivity index (χ3v) is 2.57. The summed E-state index contributed by atoms with van der Waals surface area (Å²) >= 11 is 6.06. The Bertz CT molecular complexity index is 289. The van der Waals surface area contributed by atoms with Crippen LogP contribution >= 0.6 is 11.6 Å². The molecule has 0 atom stereocenters. The molecule has 0 aromatic heterocycles. The van der Waals surface area contributed by atoms with E-state index in [1.807, 2.05) is 6.07 Å². The first-order valence-corrected chi connectivity index (χ1v) is 5.61. The molecule has 1 heteroatoms. The van der Waals surface area contributed by atoms with Gasteiger partial charge in [-0.2, -0.15) is 0 Å². The van der Waals surface area contributed by atoms with Crippen LogP contribution in [0, 0.1) is 5.92 Å². The van der Waals surface area contributed by atoms with Crippen molar-refractivity contribution in [1.82, 2.24) is 0 Å². The SMILES string of the molecule is CCCCc1cc(Cl)cc([C](C)C)c1.